The summed E-state index contributed by atoms with van der Waals surface area (Å²) in [4.78, 5) is 26.8. The highest BCUT2D eigenvalue weighted by molar-refractivity contribution is 6.00. The number of carbonyl (C=O) groups is 2. The van der Waals surface area contributed by atoms with E-state index in [0.29, 0.717) is 30.9 Å². The molecule has 1 unspecified atom stereocenters. The van der Waals surface area contributed by atoms with E-state index in [1.807, 2.05) is 61.5 Å². The lowest BCUT2D eigenvalue weighted by Gasteiger charge is -2.35. The van der Waals surface area contributed by atoms with Crippen molar-refractivity contribution in [3.8, 4) is 5.75 Å². The summed E-state index contributed by atoms with van der Waals surface area (Å²) < 4.78 is 11.8. The molecule has 2 amide bonds. The minimum absolute atomic E-state index is 0.121. The first-order valence-electron chi connectivity index (χ1n) is 10.9. The van der Waals surface area contributed by atoms with Crippen molar-refractivity contribution in [3.05, 3.63) is 90.0 Å². The lowest BCUT2D eigenvalue weighted by Crippen LogP contribution is -2.45. The molecule has 1 aliphatic rings. The van der Waals surface area contributed by atoms with E-state index in [-0.39, 0.29) is 18.4 Å². The second kappa shape index (κ2) is 10.7. The van der Waals surface area contributed by atoms with Crippen molar-refractivity contribution in [2.45, 2.75) is 13.2 Å². The van der Waals surface area contributed by atoms with Crippen molar-refractivity contribution in [1.29, 1.82) is 0 Å². The number of para-hydroxylation sites is 2. The molecule has 2 N–H and O–H groups in total. The average Bonchev–Trinajstić information content (AvgIpc) is 2.85. The van der Waals surface area contributed by atoms with Gasteiger partial charge in [0.1, 0.15) is 5.75 Å². The number of carbonyl (C=O) groups excluding carboxylic acids is 2. The number of nitrogens with zero attached hydrogens (tertiary/aromatic N) is 1. The molecule has 4 rings (SSSR count). The third-order valence-electron chi connectivity index (χ3n) is 5.29. The van der Waals surface area contributed by atoms with Crippen LogP contribution in [0.3, 0.4) is 0 Å². The minimum atomic E-state index is -0.421. The average molecular weight is 446 g/mol. The Labute approximate surface area is 193 Å². The molecule has 0 bridgehead atoms. The number of amides is 2. The van der Waals surface area contributed by atoms with Crippen LogP contribution in [-0.4, -0.2) is 44.3 Å². The molecule has 0 aromatic heterocycles. The zero-order valence-electron chi connectivity index (χ0n) is 18.5. The predicted molar refractivity (Wildman–Crippen MR) is 128 cm³/mol. The van der Waals surface area contributed by atoms with Gasteiger partial charge < -0.3 is 25.0 Å². The zero-order valence-corrected chi connectivity index (χ0v) is 18.5. The third kappa shape index (κ3) is 6.11. The molecule has 1 heterocycles. The molecule has 0 radical (unpaired) electrons. The van der Waals surface area contributed by atoms with Gasteiger partial charge in [0.2, 0.25) is 12.2 Å². The van der Waals surface area contributed by atoms with Crippen LogP contribution in [0.1, 0.15) is 15.9 Å². The van der Waals surface area contributed by atoms with Crippen molar-refractivity contribution in [3.63, 3.8) is 0 Å². The fourth-order valence-corrected chi connectivity index (χ4v) is 3.58. The quantitative estimate of drug-likeness (QED) is 0.581. The van der Waals surface area contributed by atoms with Crippen molar-refractivity contribution in [2.24, 2.45) is 0 Å². The smallest absolute Gasteiger partial charge is 0.251 e. The van der Waals surface area contributed by atoms with Gasteiger partial charge in [-0.15, -0.1) is 0 Å². The molecule has 1 atom stereocenters. The van der Waals surface area contributed by atoms with Crippen LogP contribution in [0.2, 0.25) is 0 Å². The first kappa shape index (κ1) is 22.4. The van der Waals surface area contributed by atoms with E-state index >= 15 is 0 Å². The lowest BCUT2D eigenvalue weighted by molar-refractivity contribution is -0.115. The maximum absolute atomic E-state index is 12.5. The maximum Gasteiger partial charge on any atom is 0.251 e. The lowest BCUT2D eigenvalue weighted by atomic mass is 10.2. The molecule has 33 heavy (non-hydrogen) atoms. The van der Waals surface area contributed by atoms with Crippen LogP contribution in [0.25, 0.3) is 0 Å². The van der Waals surface area contributed by atoms with Crippen LogP contribution in [-0.2, 0) is 9.53 Å². The highest BCUT2D eigenvalue weighted by Crippen LogP contribution is 2.28. The SMILES string of the molecule is Cc1ccc(OC2CN(c3ccccc3NC(=O)CNC(=O)c3ccccc3)CCO2)cc1. The van der Waals surface area contributed by atoms with Crippen LogP contribution in [0.4, 0.5) is 11.4 Å². The highest BCUT2D eigenvalue weighted by Gasteiger charge is 2.24. The predicted octanol–water partition coefficient (Wildman–Crippen LogP) is 3.61. The number of anilines is 2. The number of hydrogen-bond donors (Lipinski definition) is 2. The van der Waals surface area contributed by atoms with Crippen molar-refractivity contribution in [1.82, 2.24) is 5.32 Å². The summed E-state index contributed by atoms with van der Waals surface area (Å²) in [6.07, 6.45) is -0.421. The summed E-state index contributed by atoms with van der Waals surface area (Å²) in [5.74, 6) is 0.166. The van der Waals surface area contributed by atoms with Gasteiger partial charge in [0.25, 0.3) is 5.91 Å². The topological polar surface area (TPSA) is 79.9 Å². The largest absolute Gasteiger partial charge is 0.463 e. The van der Waals surface area contributed by atoms with Gasteiger partial charge in [-0.2, -0.15) is 0 Å². The molecular formula is C26H27N3O4. The zero-order chi connectivity index (χ0) is 23.0. The number of aryl methyl sites for hydroxylation is 1. The van der Waals surface area contributed by atoms with Crippen LogP contribution in [0.5, 0.6) is 5.75 Å². The van der Waals surface area contributed by atoms with Gasteiger partial charge in [-0.1, -0.05) is 48.0 Å². The molecular weight excluding hydrogens is 418 g/mol. The molecule has 3 aromatic rings. The van der Waals surface area contributed by atoms with Crippen molar-refractivity contribution < 1.29 is 19.1 Å². The Morgan fingerprint density at radius 1 is 1.00 bits per heavy atom. The maximum atomic E-state index is 12.5. The molecule has 0 spiro atoms. The van der Waals surface area contributed by atoms with Crippen LogP contribution < -0.4 is 20.3 Å². The second-order valence-electron chi connectivity index (χ2n) is 7.79. The second-order valence-corrected chi connectivity index (χ2v) is 7.79. The summed E-state index contributed by atoms with van der Waals surface area (Å²) in [6, 6.07) is 24.2. The molecule has 3 aromatic carbocycles. The normalized spacial score (nSPS) is 15.5. The molecule has 170 valence electrons. The first-order chi connectivity index (χ1) is 16.1. The Bertz CT molecular complexity index is 1090. The van der Waals surface area contributed by atoms with Gasteiger partial charge in [0, 0.05) is 12.1 Å². The van der Waals surface area contributed by atoms with E-state index in [1.54, 1.807) is 24.3 Å². The van der Waals surface area contributed by atoms with E-state index < -0.39 is 6.29 Å². The van der Waals surface area contributed by atoms with Crippen molar-refractivity contribution in [2.75, 3.05) is 36.5 Å². The highest BCUT2D eigenvalue weighted by atomic mass is 16.7. The summed E-state index contributed by atoms with van der Waals surface area (Å²) in [5.41, 5.74) is 3.23. The van der Waals surface area contributed by atoms with Gasteiger partial charge in [0.05, 0.1) is 31.1 Å². The fraction of sp³-hybridized carbons (Fsp3) is 0.231. The van der Waals surface area contributed by atoms with E-state index in [1.165, 1.54) is 0 Å². The molecule has 0 aliphatic carbocycles. The van der Waals surface area contributed by atoms with Crippen molar-refractivity contribution >= 4 is 23.2 Å². The number of nitrogens with one attached hydrogen (secondary N) is 2. The summed E-state index contributed by atoms with van der Waals surface area (Å²) in [5, 5.41) is 5.56. The van der Waals surface area contributed by atoms with E-state index in [2.05, 4.69) is 15.5 Å². The first-order valence-corrected chi connectivity index (χ1v) is 10.9. The summed E-state index contributed by atoms with van der Waals surface area (Å²) in [7, 11) is 0. The Morgan fingerprint density at radius 2 is 1.73 bits per heavy atom. The fourth-order valence-electron chi connectivity index (χ4n) is 3.58. The van der Waals surface area contributed by atoms with Crippen LogP contribution in [0.15, 0.2) is 78.9 Å². The molecule has 7 nitrogen and oxygen atoms in total. The number of rotatable bonds is 7. The Morgan fingerprint density at radius 3 is 2.52 bits per heavy atom. The number of benzene rings is 3. The van der Waals surface area contributed by atoms with Gasteiger partial charge >= 0.3 is 0 Å². The van der Waals surface area contributed by atoms with Gasteiger partial charge in [0.15, 0.2) is 0 Å². The minimum Gasteiger partial charge on any atom is -0.463 e. The summed E-state index contributed by atoms with van der Waals surface area (Å²) in [6.45, 7) is 3.61. The van der Waals surface area contributed by atoms with E-state index in [9.17, 15) is 9.59 Å². The monoisotopic (exact) mass is 445 g/mol. The summed E-state index contributed by atoms with van der Waals surface area (Å²) >= 11 is 0. The van der Waals surface area contributed by atoms with E-state index in [0.717, 1.165) is 17.0 Å². The molecule has 1 aliphatic heterocycles. The number of morpholine rings is 1. The third-order valence-corrected chi connectivity index (χ3v) is 5.29. The van der Waals surface area contributed by atoms with Gasteiger partial charge in [-0.25, -0.2) is 0 Å². The Kier molecular flexibility index (Phi) is 7.22. The molecule has 1 saturated heterocycles. The number of hydrogen-bond acceptors (Lipinski definition) is 5. The van der Waals surface area contributed by atoms with Crippen LogP contribution >= 0.6 is 0 Å². The van der Waals surface area contributed by atoms with Gasteiger partial charge in [-0.3, -0.25) is 9.59 Å². The molecule has 7 heteroatoms. The Hall–Kier alpha value is -3.84. The van der Waals surface area contributed by atoms with Crippen LogP contribution in [0, 0.1) is 6.92 Å². The number of ether oxygens (including phenoxy) is 2. The Balaban J connectivity index is 1.36. The van der Waals surface area contributed by atoms with E-state index in [4.69, 9.17) is 9.47 Å². The molecule has 0 saturated carbocycles. The molecule has 1 fully saturated rings. The van der Waals surface area contributed by atoms with Gasteiger partial charge in [-0.05, 0) is 43.3 Å². The standard InChI is InChI=1S/C26H27N3O4/c1-19-11-13-21(14-12-19)33-25-18-29(15-16-32-25)23-10-6-5-9-22(23)28-24(30)17-27-26(31)20-7-3-2-4-8-20/h2-14,25H,15-18H2,1H3,(H,27,31)(H,28,30).